The van der Waals surface area contributed by atoms with Crippen LogP contribution in [0.25, 0.3) is 33.6 Å². The number of nitrogens with one attached hydrogen (secondary N) is 5. The van der Waals surface area contributed by atoms with E-state index >= 15 is 0 Å². The molecule has 2 aliphatic rings. The van der Waals surface area contributed by atoms with Crippen LogP contribution in [0.2, 0.25) is 0 Å². The average Bonchev–Trinajstić information content (AvgIpc) is 4.03. The third kappa shape index (κ3) is 7.77. The van der Waals surface area contributed by atoms with Gasteiger partial charge in [-0.25, -0.2) is 19.6 Å². The summed E-state index contributed by atoms with van der Waals surface area (Å²) in [5.41, 5.74) is 5.18. The molecule has 0 saturated carbocycles. The molecule has 16 heteroatoms. The molecular weight excluding hydrogens is 694 g/mol. The highest BCUT2D eigenvalue weighted by Crippen LogP contribution is 2.35. The molecule has 2 aromatic heterocycles. The number of methoxy groups -OCH3 is 2. The second-order valence-electron chi connectivity index (χ2n) is 13.4. The van der Waals surface area contributed by atoms with Crippen molar-refractivity contribution in [3.8, 4) is 33.6 Å². The van der Waals surface area contributed by atoms with Gasteiger partial charge in [0.15, 0.2) is 0 Å². The van der Waals surface area contributed by atoms with Crippen LogP contribution in [0.3, 0.4) is 0 Å². The van der Waals surface area contributed by atoms with E-state index in [1.54, 1.807) is 36.9 Å². The van der Waals surface area contributed by atoms with Crippen molar-refractivity contribution >= 4 is 29.9 Å². The van der Waals surface area contributed by atoms with Crippen molar-refractivity contribution in [2.24, 2.45) is 0 Å². The molecule has 5 amide bonds. The number of amides is 5. The Hall–Kier alpha value is -6.19. The van der Waals surface area contributed by atoms with Crippen LogP contribution < -0.4 is 16.0 Å². The molecule has 2 aliphatic heterocycles. The predicted molar refractivity (Wildman–Crippen MR) is 198 cm³/mol. The first kappa shape index (κ1) is 37.6. The van der Waals surface area contributed by atoms with Crippen molar-refractivity contribution in [2.45, 2.75) is 63.7 Å². The predicted octanol–water partition coefficient (Wildman–Crippen LogP) is 4.31. The number of hydrogen-bond donors (Lipinski definition) is 5. The standard InChI is InChI=1S/C38H45N9O7/c1-21(41-37(51)53-4)35(49)46-18-6-8-28(46)32-40-20-27(43-32)25-14-10-23(11-15-25)24-12-16-26(17-13-24)30-31(34(48)39-3)45-33(44-30)29-9-7-19-47(29)36(50)22(2)42-38(52)54-5/h10-17,20-22,28-29H,6-9,18-19H2,1-5H3,(H,39,48)(H,40,43)(H,41,51)(H,42,52)(H,44,45)/t21-,22+,28+,29+/m1/s1. The molecule has 16 nitrogen and oxygen atoms in total. The summed E-state index contributed by atoms with van der Waals surface area (Å²) in [4.78, 5) is 82.1. The van der Waals surface area contributed by atoms with Crippen molar-refractivity contribution < 1.29 is 33.4 Å². The van der Waals surface area contributed by atoms with Crippen LogP contribution >= 0.6 is 0 Å². The Kier molecular flexibility index (Phi) is 11.3. The van der Waals surface area contributed by atoms with Crippen LogP contribution in [0.4, 0.5) is 9.59 Å². The number of aromatic nitrogens is 4. The Balaban J connectivity index is 1.16. The van der Waals surface area contributed by atoms with Gasteiger partial charge < -0.3 is 45.2 Å². The maximum absolute atomic E-state index is 13.3. The highest BCUT2D eigenvalue weighted by Gasteiger charge is 2.37. The van der Waals surface area contributed by atoms with Gasteiger partial charge in [-0.3, -0.25) is 14.4 Å². The van der Waals surface area contributed by atoms with Crippen LogP contribution in [0.15, 0.2) is 54.7 Å². The molecule has 4 aromatic rings. The zero-order valence-electron chi connectivity index (χ0n) is 30.9. The van der Waals surface area contributed by atoms with Crippen molar-refractivity contribution in [2.75, 3.05) is 34.4 Å². The van der Waals surface area contributed by atoms with E-state index in [0.717, 1.165) is 47.2 Å². The van der Waals surface area contributed by atoms with E-state index in [9.17, 15) is 24.0 Å². The minimum Gasteiger partial charge on any atom is -0.453 e. The summed E-state index contributed by atoms with van der Waals surface area (Å²) >= 11 is 0. The normalized spacial score (nSPS) is 17.8. The summed E-state index contributed by atoms with van der Waals surface area (Å²) in [5, 5.41) is 7.75. The fraction of sp³-hybridized carbons (Fsp3) is 0.395. The molecule has 2 saturated heterocycles. The smallest absolute Gasteiger partial charge is 0.407 e. The van der Waals surface area contributed by atoms with Crippen LogP contribution in [0.5, 0.6) is 0 Å². The molecule has 4 heterocycles. The zero-order valence-corrected chi connectivity index (χ0v) is 30.9. The topological polar surface area (TPSA) is 204 Å². The first-order chi connectivity index (χ1) is 26.0. The highest BCUT2D eigenvalue weighted by atomic mass is 16.5. The molecule has 54 heavy (non-hydrogen) atoms. The lowest BCUT2D eigenvalue weighted by Gasteiger charge is -2.26. The van der Waals surface area contributed by atoms with Gasteiger partial charge in [-0.1, -0.05) is 48.5 Å². The van der Waals surface area contributed by atoms with Gasteiger partial charge >= 0.3 is 12.2 Å². The Labute approximate surface area is 312 Å². The van der Waals surface area contributed by atoms with Gasteiger partial charge in [0.25, 0.3) is 5.91 Å². The Bertz CT molecular complexity index is 2010. The van der Waals surface area contributed by atoms with E-state index in [4.69, 9.17) is 4.98 Å². The van der Waals surface area contributed by atoms with Gasteiger partial charge in [0.05, 0.1) is 38.2 Å². The molecule has 6 rings (SSSR count). The van der Waals surface area contributed by atoms with Gasteiger partial charge in [-0.05, 0) is 56.2 Å². The fourth-order valence-electron chi connectivity index (χ4n) is 7.08. The molecule has 284 valence electrons. The molecule has 4 atom stereocenters. The average molecular weight is 740 g/mol. The summed E-state index contributed by atoms with van der Waals surface area (Å²) in [5.74, 6) is 0.398. The number of ether oxygens (including phenoxy) is 2. The number of likely N-dealkylation sites (tertiary alicyclic amines) is 2. The molecule has 2 fully saturated rings. The molecule has 0 aliphatic carbocycles. The molecule has 0 bridgehead atoms. The Morgan fingerprint density at radius 1 is 0.722 bits per heavy atom. The summed E-state index contributed by atoms with van der Waals surface area (Å²) in [6.07, 6.45) is 3.41. The maximum atomic E-state index is 13.3. The third-order valence-electron chi connectivity index (χ3n) is 9.94. The number of imidazole rings is 2. The lowest BCUT2D eigenvalue weighted by atomic mass is 10.0. The number of hydrogen-bond acceptors (Lipinski definition) is 9. The number of carbonyl (C=O) groups excluding carboxylic acids is 5. The largest absolute Gasteiger partial charge is 0.453 e. The van der Waals surface area contributed by atoms with Crippen molar-refractivity contribution in [1.29, 1.82) is 0 Å². The summed E-state index contributed by atoms with van der Waals surface area (Å²) in [7, 11) is 4.05. The number of H-pyrrole nitrogens is 2. The van der Waals surface area contributed by atoms with E-state index in [1.165, 1.54) is 14.2 Å². The van der Waals surface area contributed by atoms with E-state index < -0.39 is 24.3 Å². The number of carbonyl (C=O) groups is 5. The van der Waals surface area contributed by atoms with Crippen LogP contribution in [-0.4, -0.2) is 106 Å². The zero-order chi connectivity index (χ0) is 38.5. The lowest BCUT2D eigenvalue weighted by Crippen LogP contribution is -2.46. The monoisotopic (exact) mass is 739 g/mol. The lowest BCUT2D eigenvalue weighted by molar-refractivity contribution is -0.134. The van der Waals surface area contributed by atoms with Crippen molar-refractivity contribution in [1.82, 2.24) is 45.7 Å². The van der Waals surface area contributed by atoms with Gasteiger partial charge in [-0.2, -0.15) is 0 Å². The van der Waals surface area contributed by atoms with Gasteiger partial charge in [0.2, 0.25) is 11.8 Å². The first-order valence-electron chi connectivity index (χ1n) is 17.9. The SMILES string of the molecule is CNC(=O)c1[nH]c([C@@H]2CCCN2C(=O)[C@H](C)NC(=O)OC)nc1-c1ccc(-c2ccc(-c3cnc([C@@H]4CCCN4C(=O)[C@@H](C)NC(=O)OC)[nH]3)cc2)cc1. The van der Waals surface area contributed by atoms with Crippen molar-refractivity contribution in [3.05, 3.63) is 72.1 Å². The fourth-order valence-corrected chi connectivity index (χ4v) is 7.08. The molecule has 0 spiro atoms. The van der Waals surface area contributed by atoms with E-state index in [-0.39, 0.29) is 29.8 Å². The summed E-state index contributed by atoms with van der Waals surface area (Å²) in [6, 6.07) is 13.6. The van der Waals surface area contributed by atoms with Crippen molar-refractivity contribution in [3.63, 3.8) is 0 Å². The highest BCUT2D eigenvalue weighted by molar-refractivity contribution is 5.98. The molecular formula is C38H45N9O7. The van der Waals surface area contributed by atoms with Gasteiger partial charge in [0, 0.05) is 25.7 Å². The third-order valence-corrected chi connectivity index (χ3v) is 9.94. The quantitative estimate of drug-likeness (QED) is 0.157. The number of benzene rings is 2. The number of aromatic amines is 2. The minimum atomic E-state index is -0.794. The second kappa shape index (κ2) is 16.2. The maximum Gasteiger partial charge on any atom is 0.407 e. The number of alkyl carbamates (subject to hydrolysis) is 2. The summed E-state index contributed by atoms with van der Waals surface area (Å²) < 4.78 is 9.28. The molecule has 2 aromatic carbocycles. The Morgan fingerprint density at radius 2 is 1.20 bits per heavy atom. The number of nitrogens with zero attached hydrogens (tertiary/aromatic N) is 4. The van der Waals surface area contributed by atoms with Gasteiger partial charge in [0.1, 0.15) is 35.1 Å². The van der Waals surface area contributed by atoms with Crippen LogP contribution in [0, 0.1) is 0 Å². The first-order valence-corrected chi connectivity index (χ1v) is 17.9. The van der Waals surface area contributed by atoms with E-state index in [2.05, 4.69) is 40.4 Å². The number of rotatable bonds is 10. The molecule has 0 radical (unpaired) electrons. The summed E-state index contributed by atoms with van der Waals surface area (Å²) in [6.45, 7) is 4.31. The van der Waals surface area contributed by atoms with Crippen LogP contribution in [-0.2, 0) is 19.1 Å². The van der Waals surface area contributed by atoms with Gasteiger partial charge in [-0.15, -0.1) is 0 Å². The minimum absolute atomic E-state index is 0.192. The Morgan fingerprint density at radius 3 is 1.70 bits per heavy atom. The van der Waals surface area contributed by atoms with Crippen LogP contribution in [0.1, 0.15) is 73.8 Å². The molecule has 5 N–H and O–H groups in total. The van der Waals surface area contributed by atoms with E-state index in [1.807, 2.05) is 48.5 Å². The second-order valence-corrected chi connectivity index (χ2v) is 13.4. The molecule has 0 unspecified atom stereocenters. The van der Waals surface area contributed by atoms with E-state index in [0.29, 0.717) is 42.5 Å².